The van der Waals surface area contributed by atoms with E-state index in [1.54, 1.807) is 7.05 Å². The van der Waals surface area contributed by atoms with Crippen LogP contribution in [0.25, 0.3) is 0 Å². The van der Waals surface area contributed by atoms with Crippen LogP contribution in [0.5, 0.6) is 0 Å². The number of rotatable bonds is 4. The van der Waals surface area contributed by atoms with Gasteiger partial charge in [0, 0.05) is 24.1 Å². The van der Waals surface area contributed by atoms with Gasteiger partial charge in [0.2, 0.25) is 10.0 Å². The van der Waals surface area contributed by atoms with E-state index in [1.165, 1.54) is 17.1 Å². The fraction of sp³-hybridized carbons (Fsp3) is 0.625. The van der Waals surface area contributed by atoms with Gasteiger partial charge in [-0.1, -0.05) is 15.9 Å². The van der Waals surface area contributed by atoms with Crippen molar-refractivity contribution in [2.75, 3.05) is 5.33 Å². The Morgan fingerprint density at radius 3 is 2.73 bits per heavy atom. The van der Waals surface area contributed by atoms with Crippen LogP contribution in [0.1, 0.15) is 12.8 Å². The Kier molecular flexibility index (Phi) is 2.64. The highest BCUT2D eigenvalue weighted by Gasteiger charge is 2.45. The molecule has 1 N–H and O–H groups in total. The summed E-state index contributed by atoms with van der Waals surface area (Å²) in [6, 6.07) is 0. The van der Waals surface area contributed by atoms with Crippen LogP contribution >= 0.6 is 15.9 Å². The van der Waals surface area contributed by atoms with Crippen molar-refractivity contribution in [2.24, 2.45) is 7.05 Å². The molecule has 0 bridgehead atoms. The van der Waals surface area contributed by atoms with Gasteiger partial charge in [-0.05, 0) is 12.8 Å². The normalized spacial score (nSPS) is 19.1. The molecule has 1 aromatic heterocycles. The Labute approximate surface area is 97.0 Å². The molecular formula is C8H12BrN3O2S. The second-order valence-electron chi connectivity index (χ2n) is 3.87. The average molecular weight is 294 g/mol. The van der Waals surface area contributed by atoms with Crippen LogP contribution in [-0.2, 0) is 17.1 Å². The van der Waals surface area contributed by atoms with Crippen molar-refractivity contribution >= 4 is 26.0 Å². The molecule has 1 fully saturated rings. The first-order valence-corrected chi connectivity index (χ1v) is 7.17. The molecule has 0 saturated heterocycles. The quantitative estimate of drug-likeness (QED) is 0.828. The van der Waals surface area contributed by atoms with E-state index in [0.717, 1.165) is 12.8 Å². The molecule has 1 aliphatic carbocycles. The second kappa shape index (κ2) is 3.57. The average Bonchev–Trinajstić information content (AvgIpc) is 2.78. The van der Waals surface area contributed by atoms with Crippen molar-refractivity contribution in [1.29, 1.82) is 0 Å². The Morgan fingerprint density at radius 2 is 2.33 bits per heavy atom. The number of sulfonamides is 1. The molecule has 1 aliphatic rings. The fourth-order valence-electron chi connectivity index (χ4n) is 1.30. The standard InChI is InChI=1S/C8H12BrN3O2S/c1-12-5-7(4-10-12)15(13,14)11-8(6-9)2-3-8/h4-5,11H,2-3,6H2,1H3. The number of nitrogens with zero attached hydrogens (tertiary/aromatic N) is 2. The molecule has 0 radical (unpaired) electrons. The van der Waals surface area contributed by atoms with Crippen LogP contribution in [0.3, 0.4) is 0 Å². The molecule has 0 atom stereocenters. The van der Waals surface area contributed by atoms with Gasteiger partial charge in [0.25, 0.3) is 0 Å². The number of aromatic nitrogens is 2. The van der Waals surface area contributed by atoms with Gasteiger partial charge >= 0.3 is 0 Å². The summed E-state index contributed by atoms with van der Waals surface area (Å²) in [5, 5.41) is 4.50. The highest BCUT2D eigenvalue weighted by atomic mass is 79.9. The Balaban J connectivity index is 2.21. The van der Waals surface area contributed by atoms with Gasteiger partial charge in [-0.2, -0.15) is 5.10 Å². The van der Waals surface area contributed by atoms with E-state index in [4.69, 9.17) is 0 Å². The molecule has 0 amide bonds. The molecule has 2 rings (SSSR count). The number of alkyl halides is 1. The van der Waals surface area contributed by atoms with Gasteiger partial charge in [-0.3, -0.25) is 4.68 Å². The van der Waals surface area contributed by atoms with Crippen LogP contribution in [0.15, 0.2) is 17.3 Å². The molecule has 7 heteroatoms. The summed E-state index contributed by atoms with van der Waals surface area (Å²) in [5.74, 6) is 0. The molecule has 0 spiro atoms. The van der Waals surface area contributed by atoms with Gasteiger partial charge in [0.05, 0.1) is 6.20 Å². The minimum Gasteiger partial charge on any atom is -0.274 e. The maximum absolute atomic E-state index is 11.9. The summed E-state index contributed by atoms with van der Waals surface area (Å²) in [7, 11) is -1.72. The zero-order valence-corrected chi connectivity index (χ0v) is 10.7. The third-order valence-corrected chi connectivity index (χ3v) is 5.06. The van der Waals surface area contributed by atoms with Crippen molar-refractivity contribution in [3.8, 4) is 0 Å². The lowest BCUT2D eigenvalue weighted by Crippen LogP contribution is -2.37. The van der Waals surface area contributed by atoms with E-state index in [0.29, 0.717) is 5.33 Å². The van der Waals surface area contributed by atoms with E-state index < -0.39 is 10.0 Å². The van der Waals surface area contributed by atoms with Crippen LogP contribution in [-0.4, -0.2) is 29.1 Å². The first-order valence-electron chi connectivity index (χ1n) is 4.56. The number of hydrogen-bond donors (Lipinski definition) is 1. The summed E-state index contributed by atoms with van der Waals surface area (Å²) in [6.45, 7) is 0. The molecular weight excluding hydrogens is 282 g/mol. The molecule has 15 heavy (non-hydrogen) atoms. The van der Waals surface area contributed by atoms with Crippen molar-refractivity contribution in [3.05, 3.63) is 12.4 Å². The number of halogens is 1. The van der Waals surface area contributed by atoms with E-state index in [9.17, 15) is 8.42 Å². The summed E-state index contributed by atoms with van der Waals surface area (Å²) >= 11 is 3.32. The predicted molar refractivity (Wildman–Crippen MR) is 59.3 cm³/mol. The Morgan fingerprint density at radius 1 is 1.67 bits per heavy atom. The van der Waals surface area contributed by atoms with E-state index in [2.05, 4.69) is 25.8 Å². The van der Waals surface area contributed by atoms with Crippen LogP contribution in [0, 0.1) is 0 Å². The minimum atomic E-state index is -3.41. The number of aryl methyl sites for hydroxylation is 1. The summed E-state index contributed by atoms with van der Waals surface area (Å²) in [6.07, 6.45) is 4.62. The van der Waals surface area contributed by atoms with Crippen LogP contribution in [0.2, 0.25) is 0 Å². The highest BCUT2D eigenvalue weighted by molar-refractivity contribution is 9.09. The van der Waals surface area contributed by atoms with E-state index >= 15 is 0 Å². The summed E-state index contributed by atoms with van der Waals surface area (Å²) in [4.78, 5) is 0.220. The smallest absolute Gasteiger partial charge is 0.244 e. The van der Waals surface area contributed by atoms with E-state index in [-0.39, 0.29) is 10.4 Å². The third-order valence-electron chi connectivity index (χ3n) is 2.45. The fourth-order valence-corrected chi connectivity index (χ4v) is 3.62. The molecule has 1 saturated carbocycles. The maximum Gasteiger partial charge on any atom is 0.244 e. The molecule has 0 aliphatic heterocycles. The Bertz CT molecular complexity index is 464. The van der Waals surface area contributed by atoms with Gasteiger partial charge in [0.1, 0.15) is 4.90 Å². The van der Waals surface area contributed by atoms with Gasteiger partial charge in [0.15, 0.2) is 0 Å². The zero-order valence-electron chi connectivity index (χ0n) is 8.27. The predicted octanol–water partition coefficient (Wildman–Crippen LogP) is 0.626. The van der Waals surface area contributed by atoms with Crippen molar-refractivity contribution in [2.45, 2.75) is 23.3 Å². The SMILES string of the molecule is Cn1cc(S(=O)(=O)NC2(CBr)CC2)cn1. The molecule has 0 unspecified atom stereocenters. The zero-order chi connectivity index (χ0) is 11.1. The summed E-state index contributed by atoms with van der Waals surface area (Å²) < 4.78 is 27.9. The number of hydrogen-bond acceptors (Lipinski definition) is 3. The van der Waals surface area contributed by atoms with Crippen molar-refractivity contribution in [3.63, 3.8) is 0 Å². The third kappa shape index (κ3) is 2.24. The van der Waals surface area contributed by atoms with E-state index in [1.807, 2.05) is 0 Å². The first kappa shape index (κ1) is 11.1. The second-order valence-corrected chi connectivity index (χ2v) is 6.11. The minimum absolute atomic E-state index is 0.220. The van der Waals surface area contributed by atoms with Crippen LogP contribution in [0.4, 0.5) is 0 Å². The largest absolute Gasteiger partial charge is 0.274 e. The molecule has 1 heterocycles. The molecule has 5 nitrogen and oxygen atoms in total. The maximum atomic E-state index is 11.9. The van der Waals surface area contributed by atoms with Crippen molar-refractivity contribution in [1.82, 2.24) is 14.5 Å². The van der Waals surface area contributed by atoms with Crippen LogP contribution < -0.4 is 4.72 Å². The topological polar surface area (TPSA) is 64.0 Å². The first-order chi connectivity index (χ1) is 6.97. The monoisotopic (exact) mass is 293 g/mol. The van der Waals surface area contributed by atoms with Gasteiger partial charge < -0.3 is 0 Å². The summed E-state index contributed by atoms with van der Waals surface area (Å²) in [5.41, 5.74) is -0.269. The van der Waals surface area contributed by atoms with Gasteiger partial charge in [-0.15, -0.1) is 0 Å². The lowest BCUT2D eigenvalue weighted by Gasteiger charge is -2.12. The Hall–Kier alpha value is -0.400. The van der Waals surface area contributed by atoms with Gasteiger partial charge in [-0.25, -0.2) is 13.1 Å². The molecule has 84 valence electrons. The van der Waals surface area contributed by atoms with Crippen molar-refractivity contribution < 1.29 is 8.42 Å². The highest BCUT2D eigenvalue weighted by Crippen LogP contribution is 2.38. The molecule has 1 aromatic rings. The lowest BCUT2D eigenvalue weighted by molar-refractivity contribution is 0.561. The number of nitrogens with one attached hydrogen (secondary N) is 1. The lowest BCUT2D eigenvalue weighted by atomic mass is 10.4. The molecule has 0 aromatic carbocycles.